The van der Waals surface area contributed by atoms with E-state index in [2.05, 4.69) is 10.6 Å². The van der Waals surface area contributed by atoms with Crippen molar-refractivity contribution < 1.29 is 14.3 Å². The van der Waals surface area contributed by atoms with Crippen molar-refractivity contribution in [3.05, 3.63) is 29.8 Å². The van der Waals surface area contributed by atoms with Gasteiger partial charge in [0.25, 0.3) is 0 Å². The summed E-state index contributed by atoms with van der Waals surface area (Å²) in [6, 6.07) is 7.26. The lowest BCUT2D eigenvalue weighted by molar-refractivity contribution is -0.147. The molecule has 2 saturated heterocycles. The van der Waals surface area contributed by atoms with Crippen LogP contribution in [0.5, 0.6) is 5.75 Å². The fourth-order valence-corrected chi connectivity index (χ4v) is 3.70. The molecule has 0 aliphatic carbocycles. The summed E-state index contributed by atoms with van der Waals surface area (Å²) in [5.41, 5.74) is 6.65. The summed E-state index contributed by atoms with van der Waals surface area (Å²) in [6.45, 7) is 1.89. The van der Waals surface area contributed by atoms with Gasteiger partial charge in [-0.25, -0.2) is 0 Å². The second-order valence-electron chi connectivity index (χ2n) is 7.01. The Bertz CT molecular complexity index is 634. The van der Waals surface area contributed by atoms with Crippen molar-refractivity contribution in [2.75, 3.05) is 20.2 Å². The van der Waals surface area contributed by atoms with Gasteiger partial charge in [0.15, 0.2) is 0 Å². The normalized spacial score (nSPS) is 25.2. The summed E-state index contributed by atoms with van der Waals surface area (Å²) < 4.78 is 5.16. The van der Waals surface area contributed by atoms with Crippen LogP contribution in [-0.2, 0) is 16.1 Å². The van der Waals surface area contributed by atoms with Crippen LogP contribution in [0.15, 0.2) is 24.3 Å². The summed E-state index contributed by atoms with van der Waals surface area (Å²) in [7, 11) is 1.65. The first-order valence-electron chi connectivity index (χ1n) is 9.29. The van der Waals surface area contributed by atoms with E-state index in [1.54, 1.807) is 12.0 Å². The Balaban J connectivity index is 1.54. The van der Waals surface area contributed by atoms with Crippen molar-refractivity contribution in [2.45, 2.75) is 50.4 Å². The second-order valence-corrected chi connectivity index (χ2v) is 7.01. The van der Waals surface area contributed by atoms with E-state index < -0.39 is 6.04 Å². The molecule has 4 N–H and O–H groups in total. The van der Waals surface area contributed by atoms with E-state index in [0.29, 0.717) is 32.5 Å². The van der Waals surface area contributed by atoms with Crippen LogP contribution in [-0.4, -0.2) is 55.0 Å². The Labute approximate surface area is 154 Å². The van der Waals surface area contributed by atoms with E-state index in [1.165, 1.54) is 0 Å². The van der Waals surface area contributed by atoms with Crippen molar-refractivity contribution in [1.82, 2.24) is 15.5 Å². The molecule has 2 aliphatic rings. The molecule has 1 aromatic carbocycles. The van der Waals surface area contributed by atoms with E-state index in [4.69, 9.17) is 10.5 Å². The van der Waals surface area contributed by atoms with Crippen molar-refractivity contribution in [2.24, 2.45) is 5.73 Å². The van der Waals surface area contributed by atoms with Gasteiger partial charge in [0.05, 0.1) is 7.11 Å². The Hall–Kier alpha value is -2.12. The average molecular weight is 360 g/mol. The Morgan fingerprint density at radius 2 is 2.04 bits per heavy atom. The van der Waals surface area contributed by atoms with Crippen molar-refractivity contribution in [3.63, 3.8) is 0 Å². The van der Waals surface area contributed by atoms with Crippen LogP contribution in [0.2, 0.25) is 0 Å². The number of benzene rings is 1. The minimum absolute atomic E-state index is 0.0314. The number of ether oxygens (including phenoxy) is 1. The molecule has 26 heavy (non-hydrogen) atoms. The molecule has 2 fully saturated rings. The number of methoxy groups -OCH3 is 1. The molecular weight excluding hydrogens is 332 g/mol. The van der Waals surface area contributed by atoms with Gasteiger partial charge in [-0.3, -0.25) is 9.59 Å². The van der Waals surface area contributed by atoms with Crippen molar-refractivity contribution >= 4 is 11.8 Å². The lowest BCUT2D eigenvalue weighted by Crippen LogP contribution is -2.61. The van der Waals surface area contributed by atoms with Gasteiger partial charge in [-0.1, -0.05) is 12.1 Å². The SMILES string of the molecule is COc1ccc(CN[C@H]2C[C@H]3C(=O)N[C@@H](CCCCN)C(=O)N3C2)cc1. The number of amides is 2. The Morgan fingerprint density at radius 1 is 1.27 bits per heavy atom. The maximum Gasteiger partial charge on any atom is 0.245 e. The number of unbranched alkanes of at least 4 members (excludes halogenated alkanes) is 1. The number of nitrogens with one attached hydrogen (secondary N) is 2. The average Bonchev–Trinajstić information content (AvgIpc) is 3.10. The molecule has 2 aliphatic heterocycles. The van der Waals surface area contributed by atoms with Gasteiger partial charge >= 0.3 is 0 Å². The minimum atomic E-state index is -0.398. The lowest BCUT2D eigenvalue weighted by Gasteiger charge is -2.34. The molecule has 7 heteroatoms. The zero-order valence-electron chi connectivity index (χ0n) is 15.2. The van der Waals surface area contributed by atoms with Crippen LogP contribution in [0.25, 0.3) is 0 Å². The van der Waals surface area contributed by atoms with Gasteiger partial charge in [-0.2, -0.15) is 0 Å². The predicted octanol–water partition coefficient (Wildman–Crippen LogP) is 0.382. The quantitative estimate of drug-likeness (QED) is 0.583. The highest BCUT2D eigenvalue weighted by molar-refractivity contribution is 5.97. The fourth-order valence-electron chi connectivity index (χ4n) is 3.70. The van der Waals surface area contributed by atoms with E-state index in [0.717, 1.165) is 24.2 Å². The van der Waals surface area contributed by atoms with Gasteiger partial charge in [0.1, 0.15) is 17.8 Å². The number of carbonyl (C=O) groups excluding carboxylic acids is 2. The van der Waals surface area contributed by atoms with Crippen LogP contribution < -0.4 is 21.1 Å². The number of piperazine rings is 1. The van der Waals surface area contributed by atoms with Gasteiger partial charge in [-0.05, 0) is 49.9 Å². The Morgan fingerprint density at radius 3 is 2.73 bits per heavy atom. The molecule has 7 nitrogen and oxygen atoms in total. The number of fused-ring (bicyclic) bond motifs is 1. The number of hydrogen-bond donors (Lipinski definition) is 3. The smallest absolute Gasteiger partial charge is 0.245 e. The van der Waals surface area contributed by atoms with Crippen LogP contribution in [0.3, 0.4) is 0 Å². The first-order valence-corrected chi connectivity index (χ1v) is 9.29. The molecule has 0 spiro atoms. The molecule has 3 atom stereocenters. The van der Waals surface area contributed by atoms with Crippen LogP contribution in [0.4, 0.5) is 0 Å². The second kappa shape index (κ2) is 8.51. The zero-order valence-corrected chi connectivity index (χ0v) is 15.2. The highest BCUT2D eigenvalue weighted by atomic mass is 16.5. The summed E-state index contributed by atoms with van der Waals surface area (Å²) in [6.07, 6.45) is 3.04. The van der Waals surface area contributed by atoms with Crippen molar-refractivity contribution in [3.8, 4) is 5.75 Å². The topological polar surface area (TPSA) is 96.7 Å². The maximum absolute atomic E-state index is 12.7. The highest BCUT2D eigenvalue weighted by Gasteiger charge is 2.45. The molecule has 142 valence electrons. The Kier molecular flexibility index (Phi) is 6.11. The number of nitrogens with two attached hydrogens (primary N) is 1. The van der Waals surface area contributed by atoms with Crippen LogP contribution in [0.1, 0.15) is 31.2 Å². The lowest BCUT2D eigenvalue weighted by atomic mass is 10.0. The maximum atomic E-state index is 12.7. The molecule has 0 unspecified atom stereocenters. The first kappa shape index (κ1) is 18.7. The molecule has 0 bridgehead atoms. The summed E-state index contributed by atoms with van der Waals surface area (Å²) in [5, 5.41) is 6.36. The molecular formula is C19H28N4O3. The third kappa shape index (κ3) is 4.16. The van der Waals surface area contributed by atoms with Gasteiger partial charge in [0.2, 0.25) is 11.8 Å². The number of hydrogen-bond acceptors (Lipinski definition) is 5. The zero-order chi connectivity index (χ0) is 18.5. The third-order valence-corrected chi connectivity index (χ3v) is 5.20. The monoisotopic (exact) mass is 360 g/mol. The van der Waals surface area contributed by atoms with Gasteiger partial charge in [0, 0.05) is 19.1 Å². The van der Waals surface area contributed by atoms with E-state index in [1.807, 2.05) is 24.3 Å². The summed E-state index contributed by atoms with van der Waals surface area (Å²) >= 11 is 0. The first-order chi connectivity index (χ1) is 12.6. The molecule has 2 amide bonds. The molecule has 3 rings (SSSR count). The summed E-state index contributed by atoms with van der Waals surface area (Å²) in [4.78, 5) is 26.8. The minimum Gasteiger partial charge on any atom is -0.497 e. The molecule has 0 aromatic heterocycles. The molecule has 2 heterocycles. The van der Waals surface area contributed by atoms with Gasteiger partial charge < -0.3 is 26.0 Å². The van der Waals surface area contributed by atoms with Crippen LogP contribution >= 0.6 is 0 Å². The number of rotatable bonds is 8. The molecule has 0 radical (unpaired) electrons. The highest BCUT2D eigenvalue weighted by Crippen LogP contribution is 2.24. The summed E-state index contributed by atoms with van der Waals surface area (Å²) in [5.74, 6) is 0.839. The molecule has 1 aromatic rings. The number of carbonyl (C=O) groups is 2. The van der Waals surface area contributed by atoms with Crippen molar-refractivity contribution in [1.29, 1.82) is 0 Å². The van der Waals surface area contributed by atoms with E-state index in [9.17, 15) is 9.59 Å². The third-order valence-electron chi connectivity index (χ3n) is 5.20. The molecule has 0 saturated carbocycles. The standard InChI is InChI=1S/C19H28N4O3/c1-26-15-7-5-13(6-8-15)11-21-14-10-17-18(24)22-16(4-2-3-9-20)19(25)23(17)12-14/h5-8,14,16-17,21H,2-4,9-12,20H2,1H3,(H,22,24)/t14-,16-,17-/m0/s1. The van der Waals surface area contributed by atoms with E-state index >= 15 is 0 Å². The predicted molar refractivity (Wildman–Crippen MR) is 98.6 cm³/mol. The van der Waals surface area contributed by atoms with E-state index in [-0.39, 0.29) is 23.9 Å². The number of nitrogens with zero attached hydrogens (tertiary/aromatic N) is 1. The van der Waals surface area contributed by atoms with Gasteiger partial charge in [-0.15, -0.1) is 0 Å². The largest absolute Gasteiger partial charge is 0.497 e. The van der Waals surface area contributed by atoms with Crippen LogP contribution in [0, 0.1) is 0 Å². The fraction of sp³-hybridized carbons (Fsp3) is 0.579.